The SMILES string of the molecule is Brc1ccsc1I. The summed E-state index contributed by atoms with van der Waals surface area (Å²) in [5.74, 6) is 0. The van der Waals surface area contributed by atoms with Crippen molar-refractivity contribution in [2.75, 3.05) is 0 Å². The summed E-state index contributed by atoms with van der Waals surface area (Å²) in [6.07, 6.45) is 0. The van der Waals surface area contributed by atoms with Gasteiger partial charge in [-0.05, 0) is 50.0 Å². The first-order chi connectivity index (χ1) is 3.30. The molecule has 0 saturated carbocycles. The van der Waals surface area contributed by atoms with E-state index in [1.807, 2.05) is 6.07 Å². The second kappa shape index (κ2) is 2.46. The lowest BCUT2D eigenvalue weighted by atomic mass is 10.7. The fourth-order valence-electron chi connectivity index (χ4n) is 0.275. The highest BCUT2D eigenvalue weighted by molar-refractivity contribution is 14.1. The van der Waals surface area contributed by atoms with Gasteiger partial charge in [0.05, 0.1) is 2.88 Å². The highest BCUT2D eigenvalue weighted by Gasteiger charge is 1.91. The van der Waals surface area contributed by atoms with Crippen molar-refractivity contribution >= 4 is 49.9 Å². The minimum absolute atomic E-state index is 1.21. The van der Waals surface area contributed by atoms with Crippen molar-refractivity contribution < 1.29 is 0 Å². The molecule has 1 rings (SSSR count). The molecule has 0 aliphatic rings. The van der Waals surface area contributed by atoms with Gasteiger partial charge < -0.3 is 0 Å². The Kier molecular flexibility index (Phi) is 2.12. The van der Waals surface area contributed by atoms with Crippen LogP contribution in [0.15, 0.2) is 15.9 Å². The molecule has 1 heterocycles. The highest BCUT2D eigenvalue weighted by atomic mass is 127. The second-order valence-electron chi connectivity index (χ2n) is 1.04. The van der Waals surface area contributed by atoms with Gasteiger partial charge in [-0.2, -0.15) is 0 Å². The Balaban J connectivity index is 3.12. The van der Waals surface area contributed by atoms with Crippen LogP contribution in [0.25, 0.3) is 0 Å². The van der Waals surface area contributed by atoms with Crippen LogP contribution < -0.4 is 0 Å². The van der Waals surface area contributed by atoms with Crippen LogP contribution in [-0.2, 0) is 0 Å². The molecule has 0 aliphatic carbocycles. The zero-order valence-corrected chi connectivity index (χ0v) is 7.88. The summed E-state index contributed by atoms with van der Waals surface area (Å²) in [5.41, 5.74) is 0. The number of rotatable bonds is 0. The molecule has 7 heavy (non-hydrogen) atoms. The van der Waals surface area contributed by atoms with Crippen LogP contribution in [0.2, 0.25) is 0 Å². The molecule has 0 aromatic carbocycles. The molecular weight excluding hydrogens is 287 g/mol. The Hall–Kier alpha value is 0.910. The summed E-state index contributed by atoms with van der Waals surface area (Å²) in [6.45, 7) is 0. The van der Waals surface area contributed by atoms with Gasteiger partial charge in [-0.15, -0.1) is 11.3 Å². The molecule has 0 aliphatic heterocycles. The van der Waals surface area contributed by atoms with E-state index >= 15 is 0 Å². The van der Waals surface area contributed by atoms with Crippen molar-refractivity contribution in [1.29, 1.82) is 0 Å². The standard InChI is InChI=1S/C4H2BrIS/c5-3-1-2-7-4(3)6/h1-2H. The minimum Gasteiger partial charge on any atom is -0.137 e. The molecule has 3 heteroatoms. The summed E-state index contributed by atoms with van der Waals surface area (Å²) in [6, 6.07) is 2.05. The molecule has 0 radical (unpaired) electrons. The monoisotopic (exact) mass is 288 g/mol. The van der Waals surface area contributed by atoms with Crippen molar-refractivity contribution in [2.45, 2.75) is 0 Å². The van der Waals surface area contributed by atoms with E-state index in [9.17, 15) is 0 Å². The van der Waals surface area contributed by atoms with Crippen LogP contribution in [0.3, 0.4) is 0 Å². The van der Waals surface area contributed by atoms with Crippen LogP contribution in [0.5, 0.6) is 0 Å². The van der Waals surface area contributed by atoms with Crippen molar-refractivity contribution in [3.05, 3.63) is 18.8 Å². The maximum atomic E-state index is 3.37. The van der Waals surface area contributed by atoms with Gasteiger partial charge in [0.2, 0.25) is 0 Å². The van der Waals surface area contributed by atoms with Gasteiger partial charge in [0, 0.05) is 4.47 Å². The molecule has 0 nitrogen and oxygen atoms in total. The molecule has 1 aromatic rings. The Morgan fingerprint density at radius 1 is 1.71 bits per heavy atom. The van der Waals surface area contributed by atoms with Gasteiger partial charge >= 0.3 is 0 Å². The van der Waals surface area contributed by atoms with Crippen LogP contribution in [0, 0.1) is 2.88 Å². The van der Waals surface area contributed by atoms with E-state index in [4.69, 9.17) is 0 Å². The van der Waals surface area contributed by atoms with Crippen LogP contribution in [-0.4, -0.2) is 0 Å². The molecular formula is C4H2BrIS. The lowest BCUT2D eigenvalue weighted by Crippen LogP contribution is -1.50. The third-order valence-corrected chi connectivity index (χ3v) is 4.28. The zero-order valence-electron chi connectivity index (χ0n) is 3.32. The smallest absolute Gasteiger partial charge is 0.0795 e. The summed E-state index contributed by atoms with van der Waals surface area (Å²) >= 11 is 7.40. The first-order valence-corrected chi connectivity index (χ1v) is 4.44. The predicted octanol–water partition coefficient (Wildman–Crippen LogP) is 3.12. The fourth-order valence-corrected chi connectivity index (χ4v) is 1.99. The Morgan fingerprint density at radius 2 is 2.43 bits per heavy atom. The van der Waals surface area contributed by atoms with E-state index in [2.05, 4.69) is 43.9 Å². The lowest BCUT2D eigenvalue weighted by molar-refractivity contribution is 1.84. The average molecular weight is 289 g/mol. The lowest BCUT2D eigenvalue weighted by Gasteiger charge is -1.74. The Bertz CT molecular complexity index is 144. The minimum atomic E-state index is 1.21. The maximum Gasteiger partial charge on any atom is 0.0795 e. The van der Waals surface area contributed by atoms with E-state index in [0.29, 0.717) is 0 Å². The molecule has 0 atom stereocenters. The number of halogens is 2. The van der Waals surface area contributed by atoms with Crippen molar-refractivity contribution in [1.82, 2.24) is 0 Å². The Labute approximate surface area is 68.2 Å². The molecule has 0 saturated heterocycles. The summed E-state index contributed by atoms with van der Waals surface area (Å²) < 4.78 is 2.52. The van der Waals surface area contributed by atoms with Crippen LogP contribution in [0.1, 0.15) is 0 Å². The van der Waals surface area contributed by atoms with Gasteiger partial charge in [-0.3, -0.25) is 0 Å². The normalized spacial score (nSPS) is 9.43. The van der Waals surface area contributed by atoms with Gasteiger partial charge in [-0.1, -0.05) is 0 Å². The van der Waals surface area contributed by atoms with Crippen molar-refractivity contribution in [2.24, 2.45) is 0 Å². The van der Waals surface area contributed by atoms with Crippen molar-refractivity contribution in [3.8, 4) is 0 Å². The summed E-state index contributed by atoms with van der Waals surface area (Å²) in [4.78, 5) is 0. The first-order valence-electron chi connectivity index (χ1n) is 1.69. The molecule has 0 N–H and O–H groups in total. The third-order valence-electron chi connectivity index (χ3n) is 0.574. The quantitative estimate of drug-likeness (QED) is 0.644. The van der Waals surface area contributed by atoms with Gasteiger partial charge in [-0.25, -0.2) is 0 Å². The van der Waals surface area contributed by atoms with Gasteiger partial charge in [0.1, 0.15) is 0 Å². The summed E-state index contributed by atoms with van der Waals surface area (Å²) in [5, 5.41) is 2.06. The molecule has 1 aromatic heterocycles. The highest BCUT2D eigenvalue weighted by Crippen LogP contribution is 2.23. The zero-order chi connectivity index (χ0) is 5.28. The van der Waals surface area contributed by atoms with E-state index in [0.717, 1.165) is 0 Å². The largest absolute Gasteiger partial charge is 0.137 e. The van der Waals surface area contributed by atoms with Gasteiger partial charge in [0.15, 0.2) is 0 Å². The molecule has 0 fully saturated rings. The summed E-state index contributed by atoms with van der Waals surface area (Å²) in [7, 11) is 0. The molecule has 0 unspecified atom stereocenters. The molecule has 0 amide bonds. The van der Waals surface area contributed by atoms with Gasteiger partial charge in [0.25, 0.3) is 0 Å². The fraction of sp³-hybridized carbons (Fsp3) is 0. The predicted molar refractivity (Wildman–Crippen MR) is 44.7 cm³/mol. The van der Waals surface area contributed by atoms with E-state index in [1.54, 1.807) is 11.3 Å². The molecule has 0 spiro atoms. The van der Waals surface area contributed by atoms with E-state index in [-0.39, 0.29) is 0 Å². The first kappa shape index (κ1) is 6.04. The van der Waals surface area contributed by atoms with Crippen LogP contribution in [0.4, 0.5) is 0 Å². The number of hydrogen-bond donors (Lipinski definition) is 0. The topological polar surface area (TPSA) is 0 Å². The average Bonchev–Trinajstić information content (AvgIpc) is 1.91. The van der Waals surface area contributed by atoms with E-state index in [1.165, 1.54) is 7.36 Å². The number of hydrogen-bond acceptors (Lipinski definition) is 1. The second-order valence-corrected chi connectivity index (χ2v) is 4.62. The van der Waals surface area contributed by atoms with Crippen molar-refractivity contribution in [3.63, 3.8) is 0 Å². The Morgan fingerprint density at radius 3 is 2.57 bits per heavy atom. The molecule has 38 valence electrons. The molecule has 0 bridgehead atoms. The maximum absolute atomic E-state index is 3.37. The van der Waals surface area contributed by atoms with Crippen LogP contribution >= 0.6 is 49.9 Å². The van der Waals surface area contributed by atoms with E-state index < -0.39 is 0 Å². The number of thiophene rings is 1. The third kappa shape index (κ3) is 1.40.